The van der Waals surface area contributed by atoms with Crippen LogP contribution in [0.3, 0.4) is 0 Å². The van der Waals surface area contributed by atoms with Gasteiger partial charge in [0.1, 0.15) is 5.75 Å². The van der Waals surface area contributed by atoms with Crippen LogP contribution in [0.5, 0.6) is 5.75 Å². The van der Waals surface area contributed by atoms with Crippen LogP contribution in [0, 0.1) is 11.8 Å². The monoisotopic (exact) mass is 192 g/mol. The Morgan fingerprint density at radius 1 is 1.54 bits per heavy atom. The number of phenols is 1. The van der Waals surface area contributed by atoms with Crippen molar-refractivity contribution in [2.45, 2.75) is 0 Å². The van der Waals surface area contributed by atoms with Crippen LogP contribution in [-0.4, -0.2) is 17.1 Å². The summed E-state index contributed by atoms with van der Waals surface area (Å²) in [7, 11) is 0. The lowest BCUT2D eigenvalue weighted by Gasteiger charge is -1.98. The molecule has 0 aliphatic heterocycles. The zero-order valence-electron chi connectivity index (χ0n) is 6.82. The Hall–Kier alpha value is -1.40. The molecule has 66 valence electrons. The van der Waals surface area contributed by atoms with Gasteiger partial charge in [0, 0.05) is 0 Å². The van der Waals surface area contributed by atoms with E-state index < -0.39 is 0 Å². The molecule has 1 rings (SSSR count). The van der Waals surface area contributed by atoms with Crippen LogP contribution in [-0.2, 0) is 0 Å². The Kier molecular flexibility index (Phi) is 3.41. The maximum absolute atomic E-state index is 10.4. The molecule has 0 atom stereocenters. The van der Waals surface area contributed by atoms with Crippen LogP contribution in [0.1, 0.15) is 15.9 Å². The molecule has 2 nitrogen and oxygen atoms in total. The Labute approximate surface area is 82.0 Å². The van der Waals surface area contributed by atoms with Crippen LogP contribution in [0.2, 0.25) is 0 Å². The van der Waals surface area contributed by atoms with Crippen LogP contribution in [0.4, 0.5) is 0 Å². The SMILES string of the molecule is O=Cc1cccc(C#CCS)c1O. The van der Waals surface area contributed by atoms with Gasteiger partial charge in [-0.1, -0.05) is 17.9 Å². The number of carbonyl (C=O) groups excluding carboxylic acids is 1. The summed E-state index contributed by atoms with van der Waals surface area (Å²) in [4.78, 5) is 10.4. The molecule has 0 bridgehead atoms. The lowest BCUT2D eigenvalue weighted by Crippen LogP contribution is -1.84. The first-order valence-electron chi connectivity index (χ1n) is 3.66. The quantitative estimate of drug-likeness (QED) is 0.402. The maximum atomic E-state index is 10.4. The van der Waals surface area contributed by atoms with E-state index in [1.54, 1.807) is 12.1 Å². The van der Waals surface area contributed by atoms with Crippen molar-refractivity contribution in [3.8, 4) is 17.6 Å². The van der Waals surface area contributed by atoms with Gasteiger partial charge in [0.2, 0.25) is 0 Å². The third-order valence-electron chi connectivity index (χ3n) is 1.50. The number of hydrogen-bond acceptors (Lipinski definition) is 3. The highest BCUT2D eigenvalue weighted by Crippen LogP contribution is 2.19. The Morgan fingerprint density at radius 3 is 2.92 bits per heavy atom. The molecule has 0 heterocycles. The molecule has 3 heteroatoms. The van der Waals surface area contributed by atoms with Crippen molar-refractivity contribution < 1.29 is 9.90 Å². The van der Waals surface area contributed by atoms with Gasteiger partial charge >= 0.3 is 0 Å². The molecule has 0 spiro atoms. The van der Waals surface area contributed by atoms with E-state index in [4.69, 9.17) is 0 Å². The minimum absolute atomic E-state index is 0.0632. The first kappa shape index (κ1) is 9.69. The molecule has 0 fully saturated rings. The van der Waals surface area contributed by atoms with E-state index in [0.29, 0.717) is 17.6 Å². The highest BCUT2D eigenvalue weighted by Gasteiger charge is 2.02. The Morgan fingerprint density at radius 2 is 2.31 bits per heavy atom. The molecule has 0 unspecified atom stereocenters. The number of thiol groups is 1. The molecule has 0 amide bonds. The van der Waals surface area contributed by atoms with Crippen molar-refractivity contribution in [3.05, 3.63) is 29.3 Å². The fourth-order valence-corrected chi connectivity index (χ4v) is 0.971. The minimum atomic E-state index is -0.0632. The van der Waals surface area contributed by atoms with E-state index in [9.17, 15) is 9.90 Å². The van der Waals surface area contributed by atoms with Gasteiger partial charge in [0.25, 0.3) is 0 Å². The third-order valence-corrected chi connectivity index (χ3v) is 1.65. The molecule has 0 aliphatic rings. The second-order valence-electron chi connectivity index (χ2n) is 2.32. The Bertz CT molecular complexity index is 374. The molecule has 0 saturated carbocycles. The number of rotatable bonds is 1. The van der Waals surface area contributed by atoms with Crippen molar-refractivity contribution >= 4 is 18.9 Å². The van der Waals surface area contributed by atoms with Gasteiger partial charge in [-0.25, -0.2) is 0 Å². The van der Waals surface area contributed by atoms with Gasteiger partial charge in [-0.3, -0.25) is 4.79 Å². The van der Waals surface area contributed by atoms with E-state index in [-0.39, 0.29) is 11.3 Å². The molecule has 13 heavy (non-hydrogen) atoms. The van der Waals surface area contributed by atoms with Gasteiger partial charge in [0.05, 0.1) is 16.9 Å². The van der Waals surface area contributed by atoms with E-state index in [2.05, 4.69) is 24.5 Å². The normalized spacial score (nSPS) is 8.69. The zero-order chi connectivity index (χ0) is 9.68. The average molecular weight is 192 g/mol. The number of carbonyl (C=O) groups is 1. The summed E-state index contributed by atoms with van der Waals surface area (Å²) < 4.78 is 0. The lowest BCUT2D eigenvalue weighted by atomic mass is 10.1. The molecule has 0 radical (unpaired) electrons. The van der Waals surface area contributed by atoms with Crippen LogP contribution in [0.15, 0.2) is 18.2 Å². The molecular weight excluding hydrogens is 184 g/mol. The van der Waals surface area contributed by atoms with Crippen molar-refractivity contribution in [3.63, 3.8) is 0 Å². The largest absolute Gasteiger partial charge is 0.506 e. The van der Waals surface area contributed by atoms with Gasteiger partial charge < -0.3 is 5.11 Å². The summed E-state index contributed by atoms with van der Waals surface area (Å²) >= 11 is 3.91. The smallest absolute Gasteiger partial charge is 0.153 e. The fourth-order valence-electron chi connectivity index (χ4n) is 0.892. The van der Waals surface area contributed by atoms with Crippen LogP contribution in [0.25, 0.3) is 0 Å². The predicted molar refractivity (Wildman–Crippen MR) is 54.2 cm³/mol. The molecule has 1 N–H and O–H groups in total. The average Bonchev–Trinajstić information content (AvgIpc) is 2.16. The maximum Gasteiger partial charge on any atom is 0.153 e. The first-order valence-corrected chi connectivity index (χ1v) is 4.29. The fraction of sp³-hybridized carbons (Fsp3) is 0.100. The molecule has 0 aliphatic carbocycles. The molecule has 0 aromatic heterocycles. The number of benzene rings is 1. The van der Waals surface area contributed by atoms with Crippen molar-refractivity contribution in [2.75, 3.05) is 5.75 Å². The second kappa shape index (κ2) is 4.58. The number of hydrogen-bond donors (Lipinski definition) is 2. The summed E-state index contributed by atoms with van der Waals surface area (Å²) in [6, 6.07) is 4.86. The highest BCUT2D eigenvalue weighted by molar-refractivity contribution is 7.80. The van der Waals surface area contributed by atoms with Gasteiger partial charge in [0.15, 0.2) is 6.29 Å². The molecule has 1 aromatic rings. The number of phenolic OH excluding ortho intramolecular Hbond substituents is 1. The minimum Gasteiger partial charge on any atom is -0.506 e. The number of aldehydes is 1. The van der Waals surface area contributed by atoms with E-state index >= 15 is 0 Å². The summed E-state index contributed by atoms with van der Waals surface area (Å²) in [5, 5.41) is 9.46. The summed E-state index contributed by atoms with van der Waals surface area (Å²) in [6.07, 6.45) is 0.598. The van der Waals surface area contributed by atoms with Crippen molar-refractivity contribution in [2.24, 2.45) is 0 Å². The Balaban J connectivity index is 3.15. The standard InChI is InChI=1S/C10H8O2S/c11-7-9-4-1-3-8(10(9)12)5-2-6-13/h1,3-4,7,12-13H,6H2. The molecule has 1 aromatic carbocycles. The van der Waals surface area contributed by atoms with Crippen LogP contribution < -0.4 is 0 Å². The first-order chi connectivity index (χ1) is 6.29. The number of aromatic hydroxyl groups is 1. The number of para-hydroxylation sites is 1. The zero-order valence-corrected chi connectivity index (χ0v) is 7.71. The molecular formula is C10H8O2S. The van der Waals surface area contributed by atoms with Crippen molar-refractivity contribution in [1.29, 1.82) is 0 Å². The van der Waals surface area contributed by atoms with E-state index in [1.807, 2.05) is 0 Å². The summed E-state index contributed by atoms with van der Waals surface area (Å²) in [6.45, 7) is 0. The van der Waals surface area contributed by atoms with E-state index in [1.165, 1.54) is 6.07 Å². The topological polar surface area (TPSA) is 37.3 Å². The van der Waals surface area contributed by atoms with Crippen LogP contribution >= 0.6 is 12.6 Å². The van der Waals surface area contributed by atoms with Gasteiger partial charge in [-0.15, -0.1) is 0 Å². The predicted octanol–water partition coefficient (Wildman–Crippen LogP) is 1.49. The van der Waals surface area contributed by atoms with Gasteiger partial charge in [-0.2, -0.15) is 12.6 Å². The van der Waals surface area contributed by atoms with E-state index in [0.717, 1.165) is 0 Å². The highest BCUT2D eigenvalue weighted by atomic mass is 32.1. The second-order valence-corrected chi connectivity index (χ2v) is 2.64. The summed E-state index contributed by atoms with van der Waals surface area (Å²) in [5.74, 6) is 5.76. The summed E-state index contributed by atoms with van der Waals surface area (Å²) in [5.41, 5.74) is 0.713. The lowest BCUT2D eigenvalue weighted by molar-refractivity contribution is 0.112. The third kappa shape index (κ3) is 2.27. The van der Waals surface area contributed by atoms with Crippen molar-refractivity contribution in [1.82, 2.24) is 0 Å². The molecule has 0 saturated heterocycles. The van der Waals surface area contributed by atoms with Gasteiger partial charge in [-0.05, 0) is 12.1 Å².